The largest absolute Gasteiger partial charge is 0.391 e. The molecular weight excluding hydrogens is 292 g/mol. The van der Waals surface area contributed by atoms with Gasteiger partial charge in [0.1, 0.15) is 0 Å². The number of hydrogen-bond acceptors (Lipinski definition) is 4. The molecule has 0 radical (unpaired) electrons. The van der Waals surface area contributed by atoms with Crippen LogP contribution in [0.1, 0.15) is 18.0 Å². The van der Waals surface area contributed by atoms with Crippen molar-refractivity contribution in [2.45, 2.75) is 31.2 Å². The molecule has 3 atom stereocenters. The van der Waals surface area contributed by atoms with Gasteiger partial charge in [0.05, 0.1) is 12.1 Å². The van der Waals surface area contributed by atoms with Gasteiger partial charge in [-0.3, -0.25) is 9.48 Å². The van der Waals surface area contributed by atoms with Crippen LogP contribution < -0.4 is 10.9 Å². The van der Waals surface area contributed by atoms with Crippen LogP contribution in [0.2, 0.25) is 0 Å². The Balaban J connectivity index is 1.51. The van der Waals surface area contributed by atoms with E-state index in [1.165, 1.54) is 0 Å². The van der Waals surface area contributed by atoms with Crippen molar-refractivity contribution in [2.24, 2.45) is 0 Å². The number of benzene rings is 1. The maximum absolute atomic E-state index is 12.2. The lowest BCUT2D eigenvalue weighted by Gasteiger charge is -2.42. The molecule has 2 aromatic heterocycles. The van der Waals surface area contributed by atoms with Crippen LogP contribution in [0.25, 0.3) is 10.9 Å². The van der Waals surface area contributed by atoms with Gasteiger partial charge in [-0.25, -0.2) is 0 Å². The van der Waals surface area contributed by atoms with Crippen LogP contribution in [0.4, 0.5) is 0 Å². The fourth-order valence-corrected chi connectivity index (χ4v) is 3.20. The molecule has 3 N–H and O–H groups in total. The highest BCUT2D eigenvalue weighted by Crippen LogP contribution is 2.32. The summed E-state index contributed by atoms with van der Waals surface area (Å²) in [6.45, 7) is 0.468. The van der Waals surface area contributed by atoms with Crippen molar-refractivity contribution in [1.29, 1.82) is 0 Å². The molecule has 0 amide bonds. The molecule has 1 aliphatic rings. The number of H-pyrrole nitrogens is 1. The Hall–Kier alpha value is -2.44. The zero-order valence-corrected chi connectivity index (χ0v) is 12.5. The van der Waals surface area contributed by atoms with E-state index in [-0.39, 0.29) is 17.6 Å². The Bertz CT molecular complexity index is 872. The summed E-state index contributed by atoms with van der Waals surface area (Å²) in [5, 5.41) is 18.6. The van der Waals surface area contributed by atoms with Crippen molar-refractivity contribution in [2.75, 3.05) is 0 Å². The van der Waals surface area contributed by atoms with Gasteiger partial charge in [0.2, 0.25) is 0 Å². The van der Waals surface area contributed by atoms with Gasteiger partial charge in [0.15, 0.2) is 0 Å². The second-order valence-electron chi connectivity index (χ2n) is 5.98. The lowest BCUT2D eigenvalue weighted by Crippen LogP contribution is -2.54. The van der Waals surface area contributed by atoms with Gasteiger partial charge in [-0.05, 0) is 30.0 Å². The smallest absolute Gasteiger partial charge is 0.252 e. The van der Waals surface area contributed by atoms with Crippen molar-refractivity contribution in [3.05, 3.63) is 64.7 Å². The topological polar surface area (TPSA) is 82.9 Å². The van der Waals surface area contributed by atoms with Gasteiger partial charge in [-0.1, -0.05) is 18.2 Å². The summed E-state index contributed by atoms with van der Waals surface area (Å²) in [6.07, 6.45) is 3.82. The number of fused-ring (bicyclic) bond motifs is 1. The van der Waals surface area contributed by atoms with Crippen LogP contribution in [0, 0.1) is 0 Å². The first-order chi connectivity index (χ1) is 11.2. The number of para-hydroxylation sites is 1. The summed E-state index contributed by atoms with van der Waals surface area (Å²) in [5.41, 5.74) is 1.46. The third-order valence-corrected chi connectivity index (χ3v) is 4.52. The molecule has 118 valence electrons. The molecule has 1 aromatic carbocycles. The molecule has 6 heteroatoms. The summed E-state index contributed by atoms with van der Waals surface area (Å²) in [7, 11) is 0. The van der Waals surface area contributed by atoms with E-state index in [0.29, 0.717) is 18.5 Å². The van der Waals surface area contributed by atoms with Crippen LogP contribution in [0.15, 0.2) is 53.6 Å². The predicted molar refractivity (Wildman–Crippen MR) is 87.1 cm³/mol. The number of nitrogens with one attached hydrogen (secondary N) is 2. The van der Waals surface area contributed by atoms with E-state index < -0.39 is 6.10 Å². The first-order valence-corrected chi connectivity index (χ1v) is 7.74. The molecule has 0 unspecified atom stereocenters. The number of aliphatic hydroxyl groups is 1. The van der Waals surface area contributed by atoms with Crippen LogP contribution in [-0.4, -0.2) is 32.0 Å². The first-order valence-electron chi connectivity index (χ1n) is 7.74. The fourth-order valence-electron chi connectivity index (χ4n) is 3.20. The van der Waals surface area contributed by atoms with E-state index in [2.05, 4.69) is 15.4 Å². The molecule has 0 bridgehead atoms. The summed E-state index contributed by atoms with van der Waals surface area (Å²) < 4.78 is 1.77. The molecule has 3 aromatic rings. The van der Waals surface area contributed by atoms with E-state index in [4.69, 9.17) is 0 Å². The minimum absolute atomic E-state index is 0.0771. The van der Waals surface area contributed by atoms with Crippen LogP contribution in [0.5, 0.6) is 0 Å². The third-order valence-electron chi connectivity index (χ3n) is 4.52. The quantitative estimate of drug-likeness (QED) is 0.676. The van der Waals surface area contributed by atoms with Gasteiger partial charge >= 0.3 is 0 Å². The summed E-state index contributed by atoms with van der Waals surface area (Å²) >= 11 is 0. The van der Waals surface area contributed by atoms with Gasteiger partial charge < -0.3 is 15.4 Å². The highest BCUT2D eigenvalue weighted by atomic mass is 16.3. The highest BCUT2D eigenvalue weighted by Gasteiger charge is 2.41. The molecule has 0 aliphatic heterocycles. The van der Waals surface area contributed by atoms with E-state index in [1.54, 1.807) is 10.9 Å². The number of aromatic nitrogens is 3. The maximum atomic E-state index is 12.2. The second kappa shape index (κ2) is 5.64. The van der Waals surface area contributed by atoms with E-state index in [9.17, 15) is 9.90 Å². The molecule has 1 saturated carbocycles. The van der Waals surface area contributed by atoms with Crippen LogP contribution >= 0.6 is 0 Å². The zero-order chi connectivity index (χ0) is 15.8. The number of rotatable bonds is 4. The molecule has 0 saturated heterocycles. The number of nitrogens with zero attached hydrogens (tertiary/aromatic N) is 2. The van der Waals surface area contributed by atoms with E-state index in [0.717, 1.165) is 10.9 Å². The summed E-state index contributed by atoms with van der Waals surface area (Å²) in [6, 6.07) is 11.5. The minimum Gasteiger partial charge on any atom is -0.391 e. The van der Waals surface area contributed by atoms with E-state index in [1.807, 2.05) is 42.6 Å². The van der Waals surface area contributed by atoms with Crippen molar-refractivity contribution in [3.8, 4) is 0 Å². The Labute approximate surface area is 132 Å². The van der Waals surface area contributed by atoms with Gasteiger partial charge in [0, 0.05) is 36.1 Å². The Morgan fingerprint density at radius 3 is 3.00 bits per heavy atom. The standard InChI is InChI=1S/C17H18N4O2/c22-15-9-14(16(15)21-7-3-6-19-21)18-10-12-8-11-4-1-2-5-13(11)20-17(12)23/h1-8,14-16,18,22H,9-10H2,(H,20,23)/t14-,15+,16+/m0/s1. The average molecular weight is 310 g/mol. The molecule has 2 heterocycles. The monoisotopic (exact) mass is 310 g/mol. The molecule has 0 spiro atoms. The number of pyridine rings is 1. The normalized spacial score (nSPS) is 23.8. The second-order valence-corrected chi connectivity index (χ2v) is 5.98. The zero-order valence-electron chi connectivity index (χ0n) is 12.5. The van der Waals surface area contributed by atoms with Crippen LogP contribution in [0.3, 0.4) is 0 Å². The lowest BCUT2D eigenvalue weighted by molar-refractivity contribution is -0.00824. The molecule has 4 rings (SSSR count). The van der Waals surface area contributed by atoms with Gasteiger partial charge in [-0.2, -0.15) is 5.10 Å². The first kappa shape index (κ1) is 14.2. The van der Waals surface area contributed by atoms with Crippen molar-refractivity contribution in [1.82, 2.24) is 20.1 Å². The van der Waals surface area contributed by atoms with Crippen LogP contribution in [-0.2, 0) is 6.54 Å². The van der Waals surface area contributed by atoms with E-state index >= 15 is 0 Å². The van der Waals surface area contributed by atoms with Gasteiger partial charge in [-0.15, -0.1) is 0 Å². The molecule has 1 fully saturated rings. The lowest BCUT2D eigenvalue weighted by atomic mass is 9.83. The Kier molecular flexibility index (Phi) is 3.48. The molecule has 1 aliphatic carbocycles. The number of aliphatic hydroxyl groups excluding tert-OH is 1. The molecular formula is C17H18N4O2. The third kappa shape index (κ3) is 2.56. The Morgan fingerprint density at radius 2 is 2.22 bits per heavy atom. The predicted octanol–water partition coefficient (Wildman–Crippen LogP) is 1.19. The average Bonchev–Trinajstić information content (AvgIpc) is 3.04. The maximum Gasteiger partial charge on any atom is 0.252 e. The summed E-state index contributed by atoms with van der Waals surface area (Å²) in [5.74, 6) is 0. The minimum atomic E-state index is -0.401. The van der Waals surface area contributed by atoms with Crippen molar-refractivity contribution in [3.63, 3.8) is 0 Å². The SMILES string of the molecule is O=c1[nH]c2ccccc2cc1CN[C@H]1C[C@@H](O)[C@@H]1n1cccn1. The molecule has 6 nitrogen and oxygen atoms in total. The Morgan fingerprint density at radius 1 is 1.35 bits per heavy atom. The molecule has 23 heavy (non-hydrogen) atoms. The highest BCUT2D eigenvalue weighted by molar-refractivity contribution is 5.78. The number of aromatic amines is 1. The van der Waals surface area contributed by atoms with Crippen molar-refractivity contribution < 1.29 is 5.11 Å². The fraction of sp³-hybridized carbons (Fsp3) is 0.294. The summed E-state index contributed by atoms with van der Waals surface area (Å²) in [4.78, 5) is 15.1. The van der Waals surface area contributed by atoms with Gasteiger partial charge in [0.25, 0.3) is 5.56 Å². The number of hydrogen-bond donors (Lipinski definition) is 3. The van der Waals surface area contributed by atoms with Crippen molar-refractivity contribution >= 4 is 10.9 Å².